The molecule has 5 heterocycles. The highest BCUT2D eigenvalue weighted by Crippen LogP contribution is 2.38. The SMILES string of the molecule is CCCCCCCCCCCCC/C=C/[C@@H](O)[C@H](CO[C@@H]1OC(CO)[C@@H](O[C@@H]2OC(CO)[C@H](O)[C@H](O[C@@H]3OC(CO)[C@@H](O[C@@H]4OC(CO[C@]5(C(=O)O)CC(O)[C@@H](NC(C)=O)C([C@H](O)[C@H](O)CO)O5)[C@H](O)[C@H](O)C4O)[C@H](O)C3NC(C)=O)C2O)[C@H](O)C1O)NC(=O)CCCCCCCCCCCCCCCCCCCCCCC. The molecule has 3 amide bonds. The van der Waals surface area contributed by atoms with E-state index >= 15 is 0 Å². The number of allylic oxidation sites excluding steroid dienone is 1. The third-order valence-electron chi connectivity index (χ3n) is 22.1. The largest absolute Gasteiger partial charge is 0.477 e. The van der Waals surface area contributed by atoms with Crippen molar-refractivity contribution in [3.05, 3.63) is 12.2 Å². The van der Waals surface area contributed by atoms with Crippen LogP contribution < -0.4 is 16.0 Å². The Kier molecular flexibility index (Phi) is 48.5. The van der Waals surface area contributed by atoms with Gasteiger partial charge in [0.15, 0.2) is 25.2 Å². The van der Waals surface area contributed by atoms with Crippen LogP contribution >= 0.6 is 0 Å². The molecule has 5 aliphatic rings. The van der Waals surface area contributed by atoms with E-state index in [4.69, 9.17) is 47.4 Å². The number of carboxylic acid groups (broad SMARTS) is 1. The van der Waals surface area contributed by atoms with Gasteiger partial charge in [-0.15, -0.1) is 0 Å². The monoisotopic (exact) mass is 1630 g/mol. The molecule has 0 aromatic heterocycles. The van der Waals surface area contributed by atoms with Crippen LogP contribution in [-0.4, -0.2) is 321 Å². The second-order valence-electron chi connectivity index (χ2n) is 31.4. The van der Waals surface area contributed by atoms with Gasteiger partial charge in [-0.1, -0.05) is 219 Å². The van der Waals surface area contributed by atoms with Crippen molar-refractivity contribution in [3.8, 4) is 0 Å². The molecular weight excluding hydrogens is 1490 g/mol. The van der Waals surface area contributed by atoms with E-state index in [-0.39, 0.29) is 12.3 Å². The minimum atomic E-state index is -2.98. The second kappa shape index (κ2) is 54.7. The van der Waals surface area contributed by atoms with Crippen molar-refractivity contribution in [3.63, 3.8) is 0 Å². The quantitative estimate of drug-likeness (QED) is 0.0301. The highest BCUT2D eigenvalue weighted by atomic mass is 16.8. The van der Waals surface area contributed by atoms with E-state index in [1.165, 1.54) is 148 Å². The molecule has 660 valence electrons. The molecule has 34 heteroatoms. The predicted octanol–water partition coefficient (Wildman–Crippen LogP) is 1.30. The van der Waals surface area contributed by atoms with Gasteiger partial charge in [0, 0.05) is 26.7 Å². The number of amides is 3. The Labute approximate surface area is 665 Å². The first kappa shape index (κ1) is 100. The van der Waals surface area contributed by atoms with Gasteiger partial charge in [0.1, 0.15) is 116 Å². The van der Waals surface area contributed by atoms with Crippen molar-refractivity contribution in [1.82, 2.24) is 16.0 Å². The summed E-state index contributed by atoms with van der Waals surface area (Å²) in [7, 11) is 0. The van der Waals surface area contributed by atoms with Crippen LogP contribution in [0.3, 0.4) is 0 Å². The first-order chi connectivity index (χ1) is 54.2. The van der Waals surface area contributed by atoms with E-state index in [1.807, 2.05) is 6.08 Å². The fourth-order valence-electron chi connectivity index (χ4n) is 15.3. The lowest BCUT2D eigenvalue weighted by molar-refractivity contribution is -0.383. The Balaban J connectivity index is 1.19. The zero-order valence-electron chi connectivity index (χ0n) is 67.1. The van der Waals surface area contributed by atoms with Crippen LogP contribution in [0.25, 0.3) is 0 Å². The predicted molar refractivity (Wildman–Crippen MR) is 406 cm³/mol. The maximum absolute atomic E-state index is 13.6. The van der Waals surface area contributed by atoms with Crippen LogP contribution in [0.2, 0.25) is 0 Å². The summed E-state index contributed by atoms with van der Waals surface area (Å²) in [4.78, 5) is 51.4. The molecule has 20 N–H and O–H groups in total. The van der Waals surface area contributed by atoms with Crippen molar-refractivity contribution >= 4 is 23.7 Å². The van der Waals surface area contributed by atoms with Crippen molar-refractivity contribution in [2.45, 2.75) is 424 Å². The van der Waals surface area contributed by atoms with Gasteiger partial charge in [0.2, 0.25) is 17.7 Å². The summed E-state index contributed by atoms with van der Waals surface area (Å²) in [6, 6.07) is -4.50. The van der Waals surface area contributed by atoms with E-state index < -0.39 is 235 Å². The highest BCUT2D eigenvalue weighted by Gasteiger charge is 2.59. The van der Waals surface area contributed by atoms with Crippen molar-refractivity contribution in [2.75, 3.05) is 39.6 Å². The lowest BCUT2D eigenvalue weighted by Crippen LogP contribution is -2.70. The Morgan fingerprint density at radius 1 is 0.469 bits per heavy atom. The Morgan fingerprint density at radius 3 is 1.37 bits per heavy atom. The summed E-state index contributed by atoms with van der Waals surface area (Å²) in [5.41, 5.74) is 0. The third kappa shape index (κ3) is 32.9. The number of aliphatic hydroxyl groups is 16. The molecule has 0 aliphatic carbocycles. The van der Waals surface area contributed by atoms with Crippen LogP contribution in [0.1, 0.15) is 252 Å². The van der Waals surface area contributed by atoms with Gasteiger partial charge in [-0.3, -0.25) is 14.4 Å². The molecule has 0 bridgehead atoms. The molecule has 5 rings (SSSR count). The average Bonchev–Trinajstić information content (AvgIpc) is 0.770. The Bertz CT molecular complexity index is 2610. The van der Waals surface area contributed by atoms with E-state index in [1.54, 1.807) is 6.08 Å². The zero-order chi connectivity index (χ0) is 83.0. The van der Waals surface area contributed by atoms with Crippen LogP contribution in [0, 0.1) is 0 Å². The highest BCUT2D eigenvalue weighted by molar-refractivity contribution is 5.77. The topological polar surface area (TPSA) is 541 Å². The molecule has 5 saturated heterocycles. The minimum absolute atomic E-state index is 0.177. The maximum atomic E-state index is 13.6. The number of hydrogen-bond acceptors (Lipinski definition) is 30. The smallest absolute Gasteiger partial charge is 0.364 e. The number of hydrogen-bond donors (Lipinski definition) is 20. The number of rotatable bonds is 58. The van der Waals surface area contributed by atoms with Crippen LogP contribution in [0.15, 0.2) is 12.2 Å². The number of carbonyl (C=O) groups excluding carboxylic acids is 3. The van der Waals surface area contributed by atoms with Gasteiger partial charge in [-0.05, 0) is 19.3 Å². The van der Waals surface area contributed by atoms with Gasteiger partial charge >= 0.3 is 5.97 Å². The molecule has 0 aromatic carbocycles. The summed E-state index contributed by atoms with van der Waals surface area (Å²) in [6.07, 6.45) is -5.11. The summed E-state index contributed by atoms with van der Waals surface area (Å²) >= 11 is 0. The molecule has 0 saturated carbocycles. The van der Waals surface area contributed by atoms with E-state index in [0.29, 0.717) is 12.8 Å². The summed E-state index contributed by atoms with van der Waals surface area (Å²) in [5, 5.41) is 196. The minimum Gasteiger partial charge on any atom is -0.477 e. The van der Waals surface area contributed by atoms with Gasteiger partial charge in [-0.25, -0.2) is 4.79 Å². The van der Waals surface area contributed by atoms with Gasteiger partial charge in [0.05, 0.1) is 63.9 Å². The van der Waals surface area contributed by atoms with Crippen molar-refractivity contribution < 1.29 is 153 Å². The number of unbranched alkanes of at least 4 members (excludes halogenated alkanes) is 31. The number of aliphatic carboxylic acids is 1. The van der Waals surface area contributed by atoms with Crippen LogP contribution in [0.5, 0.6) is 0 Å². The fraction of sp³-hybridized carbons (Fsp3) is 0.924. The van der Waals surface area contributed by atoms with E-state index in [2.05, 4.69) is 29.8 Å². The van der Waals surface area contributed by atoms with E-state index in [0.717, 1.165) is 65.2 Å². The van der Waals surface area contributed by atoms with Crippen LogP contribution in [-0.2, 0) is 66.5 Å². The molecule has 0 aromatic rings. The van der Waals surface area contributed by atoms with Crippen LogP contribution in [0.4, 0.5) is 0 Å². The standard InChI is InChI=1S/C79H143N3O31/c1-5-7-9-11-13-15-17-19-20-21-22-23-24-25-26-28-30-32-34-36-38-40-58(92)82-50(51(89)39-37-35-33-31-29-27-18-16-14-12-10-8-6-2)46-104-75-68(100)66(98)71(56(45-86)108-75)111-77-69(101)73(63(95)54(43-84)106-77)112-74-60(81-49(4)88)64(96)70(55(44-85)107-74)110-76-67(99)65(97)62(94)57(109-76)47-105-79(78(102)103)41-52(90)59(80-48(3)87)72(113-79)61(93)53(91)42-83/h37,39,50-57,59-77,83-86,89-91,93-101H,5-36,38,40-47H2,1-4H3,(H,80,87)(H,81,88)(H,82,92)(H,102,103)/b39-37+/t50-,51+,52?,53+,54?,55?,56?,57?,59+,60?,61+,62-,63-,64+,65-,66+,67?,68?,69?,70+,71+,72?,73-,74-,75+,76-,77-,79+/m0/s1. The molecule has 113 heavy (non-hydrogen) atoms. The second-order valence-corrected chi connectivity index (χ2v) is 31.4. The number of carbonyl (C=O) groups is 4. The molecule has 34 nitrogen and oxygen atoms in total. The van der Waals surface area contributed by atoms with Gasteiger partial charge in [-0.2, -0.15) is 0 Å². The van der Waals surface area contributed by atoms with Gasteiger partial charge in [0.25, 0.3) is 5.79 Å². The zero-order valence-corrected chi connectivity index (χ0v) is 67.1. The molecular formula is C79H143N3O31. The lowest BCUT2D eigenvalue weighted by Gasteiger charge is -2.50. The number of aliphatic hydroxyl groups excluding tert-OH is 16. The summed E-state index contributed by atoms with van der Waals surface area (Å²) in [5.74, 6) is -6.94. The van der Waals surface area contributed by atoms with Gasteiger partial charge < -0.3 is 150 Å². The van der Waals surface area contributed by atoms with Crippen molar-refractivity contribution in [2.24, 2.45) is 0 Å². The molecule has 5 fully saturated rings. The maximum Gasteiger partial charge on any atom is 0.364 e. The molecule has 0 radical (unpaired) electrons. The average molecular weight is 1630 g/mol. The third-order valence-corrected chi connectivity index (χ3v) is 22.1. The molecule has 10 unspecified atom stereocenters. The Morgan fingerprint density at radius 2 is 0.894 bits per heavy atom. The summed E-state index contributed by atoms with van der Waals surface area (Å²) < 4.78 is 58.6. The molecule has 5 aliphatic heterocycles. The lowest BCUT2D eigenvalue weighted by atomic mass is 9.88. The first-order valence-corrected chi connectivity index (χ1v) is 42.1. The van der Waals surface area contributed by atoms with Crippen molar-refractivity contribution in [1.29, 1.82) is 0 Å². The fourth-order valence-corrected chi connectivity index (χ4v) is 15.3. The number of nitrogens with one attached hydrogen (secondary N) is 3. The number of carboxylic acids is 1. The summed E-state index contributed by atoms with van der Waals surface area (Å²) in [6.45, 7) is 0.802. The molecule has 0 spiro atoms. The molecule has 28 atom stereocenters. The normalized spacial score (nSPS) is 33.4. The number of ether oxygens (including phenoxy) is 10. The van der Waals surface area contributed by atoms with E-state index in [9.17, 15) is 106 Å². The first-order valence-electron chi connectivity index (χ1n) is 42.1. The Hall–Kier alpha value is -3.42.